The van der Waals surface area contributed by atoms with Gasteiger partial charge in [0.15, 0.2) is 0 Å². The predicted octanol–water partition coefficient (Wildman–Crippen LogP) is 1.34. The third kappa shape index (κ3) is 2.28. The molecule has 0 atom stereocenters. The monoisotopic (exact) mass is 319 g/mol. The summed E-state index contributed by atoms with van der Waals surface area (Å²) in [5.41, 5.74) is 1.32. The van der Waals surface area contributed by atoms with Crippen molar-refractivity contribution >= 4 is 26.8 Å². The number of aryl methyl sites for hydroxylation is 1. The normalized spacial score (nSPS) is 11.1. The van der Waals surface area contributed by atoms with Gasteiger partial charge in [-0.15, -0.1) is 5.10 Å². The van der Waals surface area contributed by atoms with E-state index in [9.17, 15) is 4.79 Å². The second kappa shape index (κ2) is 4.58. The minimum Gasteiger partial charge on any atom is -0.293 e. The van der Waals surface area contributed by atoms with Crippen LogP contribution in [0.2, 0.25) is 0 Å². The van der Waals surface area contributed by atoms with Gasteiger partial charge >= 0.3 is 0 Å². The minimum absolute atomic E-state index is 0.0804. The van der Waals surface area contributed by atoms with Crippen molar-refractivity contribution in [1.82, 2.24) is 24.5 Å². The molecule has 1 aromatic carbocycles. The molecule has 0 bridgehead atoms. The molecule has 3 rings (SSSR count). The van der Waals surface area contributed by atoms with Gasteiger partial charge in [0, 0.05) is 17.7 Å². The van der Waals surface area contributed by atoms with Crippen molar-refractivity contribution in [2.75, 3.05) is 0 Å². The molecule has 0 amide bonds. The van der Waals surface area contributed by atoms with Crippen molar-refractivity contribution in [1.29, 1.82) is 0 Å². The number of fused-ring (bicyclic) bond motifs is 1. The Kier molecular flexibility index (Phi) is 2.90. The van der Waals surface area contributed by atoms with Gasteiger partial charge in [0.2, 0.25) is 0 Å². The minimum atomic E-state index is -0.0804. The van der Waals surface area contributed by atoms with Crippen molar-refractivity contribution in [3.63, 3.8) is 0 Å². The summed E-state index contributed by atoms with van der Waals surface area (Å²) in [4.78, 5) is 16.6. The molecule has 0 aliphatic carbocycles. The Hall–Kier alpha value is -2.02. The van der Waals surface area contributed by atoms with Crippen LogP contribution in [-0.2, 0) is 13.6 Å². The smallest absolute Gasteiger partial charge is 0.261 e. The number of benzene rings is 1. The average molecular weight is 320 g/mol. The Morgan fingerprint density at radius 2 is 2.21 bits per heavy atom. The molecule has 2 heterocycles. The third-order valence-electron chi connectivity index (χ3n) is 2.77. The van der Waals surface area contributed by atoms with Crippen LogP contribution in [0.1, 0.15) is 5.69 Å². The summed E-state index contributed by atoms with van der Waals surface area (Å²) in [6.45, 7) is 0.367. The molecule has 0 saturated heterocycles. The van der Waals surface area contributed by atoms with Crippen LogP contribution in [0, 0.1) is 0 Å². The Bertz CT molecular complexity index is 807. The molecule has 6 nitrogen and oxygen atoms in total. The second-order valence-corrected chi connectivity index (χ2v) is 5.14. The molecule has 0 saturated carbocycles. The number of rotatable bonds is 2. The lowest BCUT2D eigenvalue weighted by molar-refractivity contribution is 0.703. The van der Waals surface area contributed by atoms with Crippen LogP contribution in [0.25, 0.3) is 10.9 Å². The maximum atomic E-state index is 12.3. The van der Waals surface area contributed by atoms with E-state index in [1.807, 2.05) is 12.1 Å². The summed E-state index contributed by atoms with van der Waals surface area (Å²) in [5.74, 6) is 0. The van der Waals surface area contributed by atoms with Crippen LogP contribution >= 0.6 is 15.9 Å². The van der Waals surface area contributed by atoms with Gasteiger partial charge in [-0.1, -0.05) is 21.1 Å². The standard InChI is InChI=1S/C12H10BrN5O/c1-17-5-9(15-16-17)6-18-7-14-11-4-8(13)2-3-10(11)12(18)19/h2-5,7H,6H2,1H3. The van der Waals surface area contributed by atoms with Gasteiger partial charge in [-0.2, -0.15) is 0 Å². The number of hydrogen-bond acceptors (Lipinski definition) is 4. The fourth-order valence-electron chi connectivity index (χ4n) is 1.89. The van der Waals surface area contributed by atoms with Crippen LogP contribution in [-0.4, -0.2) is 24.5 Å². The van der Waals surface area contributed by atoms with E-state index >= 15 is 0 Å². The first kappa shape index (κ1) is 12.0. The number of halogens is 1. The van der Waals surface area contributed by atoms with E-state index < -0.39 is 0 Å². The van der Waals surface area contributed by atoms with E-state index in [1.54, 1.807) is 24.0 Å². The molecular weight excluding hydrogens is 310 g/mol. The van der Waals surface area contributed by atoms with Crippen molar-refractivity contribution in [3.05, 3.63) is 51.2 Å². The largest absolute Gasteiger partial charge is 0.293 e. The molecule has 19 heavy (non-hydrogen) atoms. The third-order valence-corrected chi connectivity index (χ3v) is 3.26. The molecule has 0 aliphatic heterocycles. The quantitative estimate of drug-likeness (QED) is 0.715. The first-order valence-electron chi connectivity index (χ1n) is 5.63. The van der Waals surface area contributed by atoms with Crippen molar-refractivity contribution in [2.24, 2.45) is 7.05 Å². The van der Waals surface area contributed by atoms with Crippen molar-refractivity contribution in [3.8, 4) is 0 Å². The van der Waals surface area contributed by atoms with Crippen LogP contribution in [0.5, 0.6) is 0 Å². The van der Waals surface area contributed by atoms with E-state index in [0.717, 1.165) is 10.2 Å². The highest BCUT2D eigenvalue weighted by molar-refractivity contribution is 9.10. The Morgan fingerprint density at radius 3 is 2.95 bits per heavy atom. The van der Waals surface area contributed by atoms with Crippen molar-refractivity contribution in [2.45, 2.75) is 6.54 Å². The Labute approximate surface area is 116 Å². The zero-order chi connectivity index (χ0) is 13.4. The second-order valence-electron chi connectivity index (χ2n) is 4.22. The highest BCUT2D eigenvalue weighted by Crippen LogP contribution is 2.14. The predicted molar refractivity (Wildman–Crippen MR) is 73.8 cm³/mol. The molecular formula is C12H10BrN5O. The lowest BCUT2D eigenvalue weighted by Crippen LogP contribution is -2.21. The fraction of sp³-hybridized carbons (Fsp3) is 0.167. The highest BCUT2D eigenvalue weighted by atomic mass is 79.9. The molecule has 0 radical (unpaired) electrons. The first-order valence-corrected chi connectivity index (χ1v) is 6.43. The maximum Gasteiger partial charge on any atom is 0.261 e. The maximum absolute atomic E-state index is 12.3. The topological polar surface area (TPSA) is 65.6 Å². The zero-order valence-corrected chi connectivity index (χ0v) is 11.7. The molecule has 96 valence electrons. The molecule has 0 spiro atoms. The Balaban J connectivity index is 2.08. The van der Waals surface area contributed by atoms with E-state index in [4.69, 9.17) is 0 Å². The summed E-state index contributed by atoms with van der Waals surface area (Å²) in [7, 11) is 1.79. The Morgan fingerprint density at radius 1 is 1.37 bits per heavy atom. The molecule has 0 aliphatic rings. The fourth-order valence-corrected chi connectivity index (χ4v) is 2.24. The van der Waals surface area contributed by atoms with Gasteiger partial charge in [0.05, 0.1) is 23.8 Å². The van der Waals surface area contributed by atoms with Crippen LogP contribution in [0.3, 0.4) is 0 Å². The van der Waals surface area contributed by atoms with Gasteiger partial charge in [-0.3, -0.25) is 14.0 Å². The number of hydrogen-bond donors (Lipinski definition) is 0. The van der Waals surface area contributed by atoms with Crippen molar-refractivity contribution < 1.29 is 0 Å². The van der Waals surface area contributed by atoms with Gasteiger partial charge in [-0.05, 0) is 18.2 Å². The molecule has 7 heteroatoms. The summed E-state index contributed by atoms with van der Waals surface area (Å²) < 4.78 is 4.03. The SMILES string of the molecule is Cn1cc(Cn2cnc3cc(Br)ccc3c2=O)nn1. The zero-order valence-electron chi connectivity index (χ0n) is 10.1. The highest BCUT2D eigenvalue weighted by Gasteiger charge is 2.06. The summed E-state index contributed by atoms with van der Waals surface area (Å²) in [6, 6.07) is 5.42. The van der Waals surface area contributed by atoms with Gasteiger partial charge in [-0.25, -0.2) is 4.98 Å². The lowest BCUT2D eigenvalue weighted by atomic mass is 10.2. The summed E-state index contributed by atoms with van der Waals surface area (Å²) in [5, 5.41) is 8.40. The number of nitrogens with zero attached hydrogens (tertiary/aromatic N) is 5. The van der Waals surface area contributed by atoms with Crippen LogP contribution in [0.15, 0.2) is 40.0 Å². The molecule has 0 N–H and O–H groups in total. The van der Waals surface area contributed by atoms with Gasteiger partial charge < -0.3 is 0 Å². The van der Waals surface area contributed by atoms with E-state index in [0.29, 0.717) is 17.4 Å². The molecule has 0 unspecified atom stereocenters. The van der Waals surface area contributed by atoms with Crippen LogP contribution in [0.4, 0.5) is 0 Å². The van der Waals surface area contributed by atoms with Gasteiger partial charge in [0.25, 0.3) is 5.56 Å². The van der Waals surface area contributed by atoms with E-state index in [2.05, 4.69) is 31.2 Å². The van der Waals surface area contributed by atoms with Gasteiger partial charge in [0.1, 0.15) is 5.69 Å². The molecule has 0 fully saturated rings. The summed E-state index contributed by atoms with van der Waals surface area (Å²) in [6.07, 6.45) is 3.31. The molecule has 2 aromatic heterocycles. The number of aromatic nitrogens is 5. The van der Waals surface area contributed by atoms with E-state index in [1.165, 1.54) is 10.9 Å². The summed E-state index contributed by atoms with van der Waals surface area (Å²) >= 11 is 3.36. The molecule has 3 aromatic rings. The average Bonchev–Trinajstić information content (AvgIpc) is 2.78. The van der Waals surface area contributed by atoms with Crippen LogP contribution < -0.4 is 5.56 Å². The first-order chi connectivity index (χ1) is 9.13. The lowest BCUT2D eigenvalue weighted by Gasteiger charge is -2.04. The van der Waals surface area contributed by atoms with E-state index in [-0.39, 0.29) is 5.56 Å².